The van der Waals surface area contributed by atoms with Crippen molar-refractivity contribution in [3.63, 3.8) is 0 Å². The van der Waals surface area contributed by atoms with Crippen molar-refractivity contribution in [3.8, 4) is 17.2 Å². The molecule has 2 aliphatic rings. The molecule has 1 N–H and O–H groups in total. The molecule has 2 aromatic carbocycles. The number of methoxy groups -OCH3 is 3. The molecule has 0 saturated carbocycles. The number of hydrogen-bond donors (Lipinski definition) is 1. The number of rotatable bonds is 9. The van der Waals surface area contributed by atoms with E-state index in [0.29, 0.717) is 53.5 Å². The van der Waals surface area contributed by atoms with Gasteiger partial charge in [-0.1, -0.05) is 37.6 Å². The lowest BCUT2D eigenvalue weighted by Gasteiger charge is -2.37. The van der Waals surface area contributed by atoms with Crippen molar-refractivity contribution in [2.45, 2.75) is 51.4 Å². The van der Waals surface area contributed by atoms with Crippen molar-refractivity contribution in [1.29, 1.82) is 0 Å². The number of allylic oxidation sites excluding steroid dienone is 3. The standard InChI is InChI=1S/C30H35NO6/c1-6-7-14-37-24-11-9-8-10-21(24)28-27(30(33)36-5)18(2)31-22-15-20(16-23(32)29(22)28)19-12-13-25(34-3)26(17-19)35-4/h8-13,17,20,28,31H,6-7,14-16H2,1-5H3/t20-,28-/m0/s1. The third kappa shape index (κ3) is 5.22. The van der Waals surface area contributed by atoms with Crippen LogP contribution in [0.4, 0.5) is 0 Å². The van der Waals surface area contributed by atoms with Crippen LogP contribution < -0.4 is 19.5 Å². The Morgan fingerprint density at radius 1 is 1.00 bits per heavy atom. The van der Waals surface area contributed by atoms with E-state index in [1.807, 2.05) is 49.4 Å². The highest BCUT2D eigenvalue weighted by Crippen LogP contribution is 2.48. The molecule has 2 aromatic rings. The van der Waals surface area contributed by atoms with Gasteiger partial charge in [0.05, 0.1) is 39.4 Å². The van der Waals surface area contributed by atoms with Crippen molar-refractivity contribution in [2.24, 2.45) is 0 Å². The Labute approximate surface area is 218 Å². The summed E-state index contributed by atoms with van der Waals surface area (Å²) in [4.78, 5) is 26.8. The second-order valence-corrected chi connectivity index (χ2v) is 9.36. The molecule has 2 atom stereocenters. The molecule has 0 spiro atoms. The zero-order valence-electron chi connectivity index (χ0n) is 22.2. The highest BCUT2D eigenvalue weighted by molar-refractivity contribution is 6.04. The van der Waals surface area contributed by atoms with Crippen molar-refractivity contribution in [2.75, 3.05) is 27.9 Å². The van der Waals surface area contributed by atoms with Crippen LogP contribution in [0, 0.1) is 0 Å². The number of hydrogen-bond acceptors (Lipinski definition) is 7. The second kappa shape index (κ2) is 11.5. The van der Waals surface area contributed by atoms with Crippen LogP contribution in [0.3, 0.4) is 0 Å². The summed E-state index contributed by atoms with van der Waals surface area (Å²) in [6, 6.07) is 13.4. The van der Waals surface area contributed by atoms with Gasteiger partial charge in [0.25, 0.3) is 0 Å². The van der Waals surface area contributed by atoms with Crippen LogP contribution in [0.15, 0.2) is 65.0 Å². The van der Waals surface area contributed by atoms with Crippen LogP contribution in [-0.4, -0.2) is 39.7 Å². The number of esters is 1. The molecule has 1 aliphatic heterocycles. The Morgan fingerprint density at radius 3 is 2.46 bits per heavy atom. The average molecular weight is 506 g/mol. The molecule has 4 rings (SSSR count). The van der Waals surface area contributed by atoms with Gasteiger partial charge in [-0.2, -0.15) is 0 Å². The molecule has 7 heteroatoms. The zero-order valence-corrected chi connectivity index (χ0v) is 22.2. The Morgan fingerprint density at radius 2 is 1.76 bits per heavy atom. The molecule has 0 bridgehead atoms. The van der Waals surface area contributed by atoms with Gasteiger partial charge in [-0.05, 0) is 49.4 Å². The number of Topliss-reactive ketones (excluding diaryl/α,β-unsaturated/α-hetero) is 1. The fourth-order valence-electron chi connectivity index (χ4n) is 5.25. The molecular formula is C30H35NO6. The Hall–Kier alpha value is -3.74. The van der Waals surface area contributed by atoms with Crippen LogP contribution in [0.1, 0.15) is 62.5 Å². The maximum atomic E-state index is 13.8. The molecule has 7 nitrogen and oxygen atoms in total. The quantitative estimate of drug-likeness (QED) is 0.360. The molecule has 0 fully saturated rings. The fourth-order valence-corrected chi connectivity index (χ4v) is 5.25. The maximum absolute atomic E-state index is 13.8. The highest BCUT2D eigenvalue weighted by Gasteiger charge is 2.42. The van der Waals surface area contributed by atoms with Crippen molar-refractivity contribution >= 4 is 11.8 Å². The van der Waals surface area contributed by atoms with Gasteiger partial charge in [-0.25, -0.2) is 4.79 Å². The number of unbranched alkanes of at least 4 members (excludes halogenated alkanes) is 1. The summed E-state index contributed by atoms with van der Waals surface area (Å²) in [5.74, 6) is 0.881. The zero-order chi connectivity index (χ0) is 26.5. The van der Waals surface area contributed by atoms with Gasteiger partial charge in [-0.3, -0.25) is 4.79 Å². The summed E-state index contributed by atoms with van der Waals surface area (Å²) in [7, 11) is 4.57. The lowest BCUT2D eigenvalue weighted by Crippen LogP contribution is -2.36. The number of dihydropyridines is 1. The predicted octanol–water partition coefficient (Wildman–Crippen LogP) is 5.42. The summed E-state index contributed by atoms with van der Waals surface area (Å²) in [5.41, 5.74) is 4.35. The largest absolute Gasteiger partial charge is 0.493 e. The SMILES string of the molecule is CCCCOc1ccccc1[C@H]1C(C(=O)OC)=C(C)NC2=C1C(=O)C[C@@H](c1ccc(OC)c(OC)c1)C2. The lowest BCUT2D eigenvalue weighted by atomic mass is 9.71. The van der Waals surface area contributed by atoms with E-state index in [1.54, 1.807) is 14.2 Å². The Bertz CT molecular complexity index is 1240. The smallest absolute Gasteiger partial charge is 0.336 e. The van der Waals surface area contributed by atoms with E-state index < -0.39 is 11.9 Å². The molecule has 0 amide bonds. The van der Waals surface area contributed by atoms with Gasteiger partial charge < -0.3 is 24.3 Å². The van der Waals surface area contributed by atoms with Crippen LogP contribution in [0.5, 0.6) is 17.2 Å². The number of ether oxygens (including phenoxy) is 4. The summed E-state index contributed by atoms with van der Waals surface area (Å²) in [5, 5.41) is 3.38. The van der Waals surface area contributed by atoms with E-state index in [0.717, 1.165) is 29.7 Å². The molecule has 0 aromatic heterocycles. The van der Waals surface area contributed by atoms with E-state index in [4.69, 9.17) is 18.9 Å². The molecule has 1 aliphatic carbocycles. The number of carbonyl (C=O) groups excluding carboxylic acids is 2. The third-order valence-electron chi connectivity index (χ3n) is 7.10. The van der Waals surface area contributed by atoms with Gasteiger partial charge in [0.15, 0.2) is 17.3 Å². The fraction of sp³-hybridized carbons (Fsp3) is 0.400. The number of para-hydroxylation sites is 1. The second-order valence-electron chi connectivity index (χ2n) is 9.36. The normalized spacial score (nSPS) is 19.2. The third-order valence-corrected chi connectivity index (χ3v) is 7.10. The topological polar surface area (TPSA) is 83.1 Å². The molecule has 0 radical (unpaired) electrons. The number of ketones is 1. The minimum atomic E-state index is -0.569. The lowest BCUT2D eigenvalue weighted by molar-refractivity contribution is -0.136. The van der Waals surface area contributed by atoms with Crippen molar-refractivity contribution in [1.82, 2.24) is 5.32 Å². The first-order chi connectivity index (χ1) is 17.9. The van der Waals surface area contributed by atoms with E-state index in [9.17, 15) is 9.59 Å². The van der Waals surface area contributed by atoms with Gasteiger partial charge >= 0.3 is 5.97 Å². The molecule has 1 heterocycles. The van der Waals surface area contributed by atoms with Gasteiger partial charge in [0, 0.05) is 29.0 Å². The number of nitrogens with one attached hydrogen (secondary N) is 1. The van der Waals surface area contributed by atoms with Crippen LogP contribution in [0.2, 0.25) is 0 Å². The summed E-state index contributed by atoms with van der Waals surface area (Å²) in [6.45, 7) is 4.53. The molecule has 0 saturated heterocycles. The van der Waals surface area contributed by atoms with Crippen LogP contribution >= 0.6 is 0 Å². The first-order valence-corrected chi connectivity index (χ1v) is 12.7. The summed E-state index contributed by atoms with van der Waals surface area (Å²) in [6.07, 6.45) is 2.86. The predicted molar refractivity (Wildman–Crippen MR) is 141 cm³/mol. The van der Waals surface area contributed by atoms with E-state index in [1.165, 1.54) is 7.11 Å². The molecule has 196 valence electrons. The Balaban J connectivity index is 1.78. The molecular weight excluding hydrogens is 470 g/mol. The number of carbonyl (C=O) groups is 2. The van der Waals surface area contributed by atoms with Crippen molar-refractivity contribution in [3.05, 3.63) is 76.1 Å². The minimum absolute atomic E-state index is 0.00389. The van der Waals surface area contributed by atoms with Crippen LogP contribution in [0.25, 0.3) is 0 Å². The van der Waals surface area contributed by atoms with E-state index >= 15 is 0 Å². The maximum Gasteiger partial charge on any atom is 0.336 e. The molecule has 37 heavy (non-hydrogen) atoms. The first-order valence-electron chi connectivity index (χ1n) is 12.7. The highest BCUT2D eigenvalue weighted by atomic mass is 16.5. The first kappa shape index (κ1) is 26.3. The van der Waals surface area contributed by atoms with E-state index in [-0.39, 0.29) is 11.7 Å². The number of benzene rings is 2. The van der Waals surface area contributed by atoms with Crippen LogP contribution in [-0.2, 0) is 14.3 Å². The monoisotopic (exact) mass is 505 g/mol. The minimum Gasteiger partial charge on any atom is -0.493 e. The Kier molecular flexibility index (Phi) is 8.21. The van der Waals surface area contributed by atoms with E-state index in [2.05, 4.69) is 12.2 Å². The average Bonchev–Trinajstić information content (AvgIpc) is 2.91. The summed E-state index contributed by atoms with van der Waals surface area (Å²) >= 11 is 0. The summed E-state index contributed by atoms with van der Waals surface area (Å²) < 4.78 is 22.2. The molecule has 0 unspecified atom stereocenters. The van der Waals surface area contributed by atoms with Gasteiger partial charge in [0.2, 0.25) is 0 Å². The van der Waals surface area contributed by atoms with Gasteiger partial charge in [-0.15, -0.1) is 0 Å². The van der Waals surface area contributed by atoms with Gasteiger partial charge in [0.1, 0.15) is 5.75 Å². The van der Waals surface area contributed by atoms with Crippen molar-refractivity contribution < 1.29 is 28.5 Å².